The fraction of sp³-hybridized carbons (Fsp3) is 1.00. The minimum absolute atomic E-state index is 0.501. The maximum atomic E-state index is 2.82. The van der Waals surface area contributed by atoms with Crippen molar-refractivity contribution in [3.8, 4) is 0 Å². The smallest absolute Gasteiger partial charge is 0.108 e. The molecule has 0 spiro atoms. The lowest BCUT2D eigenvalue weighted by molar-refractivity contribution is 0.610. The van der Waals surface area contributed by atoms with Crippen molar-refractivity contribution < 1.29 is 0 Å². The highest BCUT2D eigenvalue weighted by Crippen LogP contribution is 2.27. The van der Waals surface area contributed by atoms with Crippen LogP contribution in [0.25, 0.3) is 0 Å². The quantitative estimate of drug-likeness (QED) is 0.392. The van der Waals surface area contributed by atoms with Gasteiger partial charge in [-0.05, 0) is 12.1 Å². The first-order valence-electron chi connectivity index (χ1n) is 3.17. The first kappa shape index (κ1) is 8.49. The van der Waals surface area contributed by atoms with Crippen LogP contribution < -0.4 is 0 Å². The van der Waals surface area contributed by atoms with Crippen LogP contribution in [0.2, 0.25) is 5.31 Å². The number of rotatable bonds is 2. The van der Waals surface area contributed by atoms with Crippen LogP contribution in [0, 0.1) is 0 Å². The van der Waals surface area contributed by atoms with E-state index in [1.807, 2.05) is 0 Å². The Bertz CT molecular complexity index is 63.4. The third kappa shape index (κ3) is 6.49. The molecule has 0 aliphatic rings. The van der Waals surface area contributed by atoms with Crippen LogP contribution in [0.15, 0.2) is 0 Å². The molecule has 0 heterocycles. The first-order chi connectivity index (χ1) is 3.42. The molecule has 0 nitrogen and oxygen atoms in total. The highest BCUT2D eigenvalue weighted by atomic mass is 31.0. The van der Waals surface area contributed by atoms with E-state index < -0.39 is 0 Å². The summed E-state index contributed by atoms with van der Waals surface area (Å²) in [4.78, 5) is 0. The molecule has 0 bridgehead atoms. The van der Waals surface area contributed by atoms with Crippen molar-refractivity contribution in [2.45, 2.75) is 38.2 Å². The SMILES string of the molecule is BC(C)(C)CC(C)P. The Labute approximate surface area is 56.0 Å². The lowest BCUT2D eigenvalue weighted by atomic mass is 9.69. The van der Waals surface area contributed by atoms with Crippen LogP contribution in [0.4, 0.5) is 0 Å². The fourth-order valence-electron chi connectivity index (χ4n) is 0.966. The van der Waals surface area contributed by atoms with Crippen LogP contribution in [0.5, 0.6) is 0 Å². The van der Waals surface area contributed by atoms with Crippen LogP contribution >= 0.6 is 9.24 Å². The summed E-state index contributed by atoms with van der Waals surface area (Å²) in [7, 11) is 5.09. The Hall–Kier alpha value is 0.495. The average Bonchev–Trinajstić information content (AvgIpc) is 1.21. The molecule has 0 aromatic rings. The van der Waals surface area contributed by atoms with Crippen molar-refractivity contribution in [1.29, 1.82) is 0 Å². The highest BCUT2D eigenvalue weighted by molar-refractivity contribution is 7.17. The second-order valence-electron chi connectivity index (χ2n) is 3.74. The summed E-state index contributed by atoms with van der Waals surface area (Å²) in [5, 5.41) is 0.501. The van der Waals surface area contributed by atoms with Gasteiger partial charge in [-0.25, -0.2) is 0 Å². The van der Waals surface area contributed by atoms with Gasteiger partial charge in [0.2, 0.25) is 0 Å². The molecule has 2 unspecified atom stereocenters. The first-order valence-corrected chi connectivity index (χ1v) is 3.84. The van der Waals surface area contributed by atoms with E-state index in [1.54, 1.807) is 0 Å². The molecule has 0 aromatic carbocycles. The van der Waals surface area contributed by atoms with Crippen molar-refractivity contribution >= 4 is 17.1 Å². The second-order valence-corrected chi connectivity index (χ2v) is 4.88. The molecule has 0 fully saturated rings. The molecular weight excluding hydrogens is 114 g/mol. The van der Waals surface area contributed by atoms with Crippen molar-refractivity contribution in [2.24, 2.45) is 0 Å². The molecule has 0 aliphatic carbocycles. The van der Waals surface area contributed by atoms with E-state index >= 15 is 0 Å². The zero-order valence-corrected chi connectivity index (χ0v) is 7.52. The summed E-state index contributed by atoms with van der Waals surface area (Å²) in [6.45, 7) is 6.77. The fourth-order valence-corrected chi connectivity index (χ4v) is 1.67. The molecule has 0 aromatic heterocycles. The maximum absolute atomic E-state index is 2.82. The lowest BCUT2D eigenvalue weighted by Gasteiger charge is -2.19. The van der Waals surface area contributed by atoms with Gasteiger partial charge in [0, 0.05) is 0 Å². The van der Waals surface area contributed by atoms with E-state index in [0.29, 0.717) is 5.31 Å². The van der Waals surface area contributed by atoms with E-state index in [-0.39, 0.29) is 0 Å². The Morgan fingerprint density at radius 1 is 1.62 bits per heavy atom. The predicted octanol–water partition coefficient (Wildman–Crippen LogP) is 1.47. The van der Waals surface area contributed by atoms with Gasteiger partial charge in [0.05, 0.1) is 0 Å². The molecule has 0 amide bonds. The van der Waals surface area contributed by atoms with E-state index in [9.17, 15) is 0 Å². The van der Waals surface area contributed by atoms with Crippen molar-refractivity contribution in [1.82, 2.24) is 0 Å². The molecule has 2 atom stereocenters. The molecular formula is C6H16BP. The number of hydrogen-bond donors (Lipinski definition) is 0. The van der Waals surface area contributed by atoms with Gasteiger partial charge in [0.25, 0.3) is 0 Å². The Morgan fingerprint density at radius 3 is 2.00 bits per heavy atom. The van der Waals surface area contributed by atoms with Gasteiger partial charge in [-0.1, -0.05) is 26.1 Å². The van der Waals surface area contributed by atoms with Gasteiger partial charge in [0.1, 0.15) is 7.85 Å². The normalized spacial score (nSPS) is 16.0. The summed E-state index contributed by atoms with van der Waals surface area (Å²) in [5.41, 5.74) is 0.759. The predicted molar refractivity (Wildman–Crippen MR) is 46.4 cm³/mol. The summed E-state index contributed by atoms with van der Waals surface area (Å²) in [5.74, 6) is 0. The van der Waals surface area contributed by atoms with Crippen LogP contribution in [0.1, 0.15) is 27.2 Å². The van der Waals surface area contributed by atoms with Gasteiger partial charge >= 0.3 is 0 Å². The van der Waals surface area contributed by atoms with Crippen molar-refractivity contribution in [2.75, 3.05) is 0 Å². The van der Waals surface area contributed by atoms with Crippen LogP contribution in [0.3, 0.4) is 0 Å². The second kappa shape index (κ2) is 2.87. The molecule has 0 N–H and O–H groups in total. The van der Waals surface area contributed by atoms with E-state index in [1.165, 1.54) is 6.42 Å². The molecule has 0 rings (SSSR count). The van der Waals surface area contributed by atoms with Gasteiger partial charge in [-0.15, -0.1) is 9.24 Å². The van der Waals surface area contributed by atoms with Gasteiger partial charge < -0.3 is 0 Å². The van der Waals surface area contributed by atoms with E-state index in [2.05, 4.69) is 37.9 Å². The summed E-state index contributed by atoms with van der Waals surface area (Å²) in [6.07, 6.45) is 1.29. The lowest BCUT2D eigenvalue weighted by Crippen LogP contribution is -2.07. The van der Waals surface area contributed by atoms with Crippen LogP contribution in [-0.2, 0) is 0 Å². The highest BCUT2D eigenvalue weighted by Gasteiger charge is 2.11. The van der Waals surface area contributed by atoms with Gasteiger partial charge in [-0.3, -0.25) is 0 Å². The largest absolute Gasteiger partial charge is 0.135 e. The monoisotopic (exact) mass is 130 g/mol. The third-order valence-corrected chi connectivity index (χ3v) is 1.17. The molecule has 48 valence electrons. The standard InChI is InChI=1S/C6H16BP/c1-5(8)4-6(2,3)7/h5H,4,7-8H2,1-3H3. The van der Waals surface area contributed by atoms with E-state index in [0.717, 1.165) is 5.66 Å². The zero-order valence-electron chi connectivity index (χ0n) is 6.36. The molecule has 2 heteroatoms. The minimum atomic E-state index is 0.501. The van der Waals surface area contributed by atoms with Crippen LogP contribution in [-0.4, -0.2) is 13.5 Å². The molecule has 0 radical (unpaired) electrons. The molecule has 0 aliphatic heterocycles. The molecule has 0 saturated carbocycles. The summed E-state index contributed by atoms with van der Waals surface area (Å²) < 4.78 is 0. The summed E-state index contributed by atoms with van der Waals surface area (Å²) in [6, 6.07) is 0. The maximum Gasteiger partial charge on any atom is 0.108 e. The van der Waals surface area contributed by atoms with Crippen molar-refractivity contribution in [3.63, 3.8) is 0 Å². The Morgan fingerprint density at radius 2 is 2.00 bits per heavy atom. The molecule has 8 heavy (non-hydrogen) atoms. The third-order valence-electron chi connectivity index (χ3n) is 0.934. The number of hydrogen-bond acceptors (Lipinski definition) is 0. The average molecular weight is 130 g/mol. The van der Waals surface area contributed by atoms with Gasteiger partial charge in [-0.2, -0.15) is 0 Å². The van der Waals surface area contributed by atoms with E-state index in [4.69, 9.17) is 0 Å². The van der Waals surface area contributed by atoms with Crippen molar-refractivity contribution in [3.05, 3.63) is 0 Å². The van der Waals surface area contributed by atoms with Gasteiger partial charge in [0.15, 0.2) is 0 Å². The summed E-state index contributed by atoms with van der Waals surface area (Å²) >= 11 is 0. The zero-order chi connectivity index (χ0) is 6.78. The molecule has 0 saturated heterocycles. The Kier molecular flexibility index (Phi) is 3.05. The minimum Gasteiger partial charge on any atom is -0.135 e. The Balaban J connectivity index is 3.39. The topological polar surface area (TPSA) is 0 Å².